The molecule has 0 aliphatic carbocycles. The van der Waals surface area contributed by atoms with Crippen molar-refractivity contribution in [3.05, 3.63) is 59.7 Å². The molecular weight excluding hydrogens is 352 g/mol. The summed E-state index contributed by atoms with van der Waals surface area (Å²) in [5.41, 5.74) is 0.460. The van der Waals surface area contributed by atoms with Gasteiger partial charge in [0.2, 0.25) is 0 Å². The molecule has 2 aromatic rings. The van der Waals surface area contributed by atoms with Crippen molar-refractivity contribution in [1.29, 1.82) is 0 Å². The van der Waals surface area contributed by atoms with Crippen LogP contribution in [-0.2, 0) is 14.8 Å². The summed E-state index contributed by atoms with van der Waals surface area (Å²) in [6.07, 6.45) is 1.66. The average Bonchev–Trinajstić information content (AvgIpc) is 2.57. The lowest BCUT2D eigenvalue weighted by molar-refractivity contribution is 0.0500. The number of hydrogen-bond donors (Lipinski definition) is 1. The van der Waals surface area contributed by atoms with Crippen LogP contribution in [0.1, 0.15) is 30.1 Å². The molecule has 0 aliphatic heterocycles. The largest absolute Gasteiger partial charge is 0.462 e. The Hall–Kier alpha value is -2.48. The molecule has 134 valence electrons. The van der Waals surface area contributed by atoms with Crippen LogP contribution in [-0.4, -0.2) is 21.0 Å². The maximum Gasteiger partial charge on any atom is 0.338 e. The third kappa shape index (κ3) is 4.99. The molecule has 0 radical (unpaired) electrons. The Kier molecular flexibility index (Phi) is 6.08. The van der Waals surface area contributed by atoms with E-state index in [4.69, 9.17) is 4.74 Å². The number of anilines is 1. The fourth-order valence-corrected chi connectivity index (χ4v) is 3.00. The Balaban J connectivity index is 2.09. The second-order valence-corrected chi connectivity index (χ2v) is 6.93. The summed E-state index contributed by atoms with van der Waals surface area (Å²) < 4.78 is 57.7. The quantitative estimate of drug-likeness (QED) is 0.596. The molecule has 25 heavy (non-hydrogen) atoms. The van der Waals surface area contributed by atoms with Gasteiger partial charge in [-0.15, -0.1) is 0 Å². The van der Waals surface area contributed by atoms with Crippen LogP contribution in [0.4, 0.5) is 14.5 Å². The number of carbonyl (C=O) groups is 1. The molecule has 0 fully saturated rings. The van der Waals surface area contributed by atoms with Crippen LogP contribution in [0, 0.1) is 11.6 Å². The number of halogens is 2. The maximum atomic E-state index is 13.2. The lowest BCUT2D eigenvalue weighted by Crippen LogP contribution is -2.13. The number of benzene rings is 2. The Labute approximate surface area is 144 Å². The first-order valence-electron chi connectivity index (χ1n) is 7.58. The van der Waals surface area contributed by atoms with Crippen molar-refractivity contribution in [1.82, 2.24) is 0 Å². The highest BCUT2D eigenvalue weighted by Gasteiger charge is 2.17. The van der Waals surface area contributed by atoms with E-state index in [-0.39, 0.29) is 11.3 Å². The summed E-state index contributed by atoms with van der Waals surface area (Å²) >= 11 is 0. The van der Waals surface area contributed by atoms with E-state index in [1.807, 2.05) is 6.92 Å². The van der Waals surface area contributed by atoms with Gasteiger partial charge in [-0.25, -0.2) is 22.0 Å². The lowest BCUT2D eigenvalue weighted by Gasteiger charge is -2.09. The second-order valence-electron chi connectivity index (χ2n) is 5.25. The third-order valence-corrected chi connectivity index (χ3v) is 4.68. The maximum absolute atomic E-state index is 13.2. The van der Waals surface area contributed by atoms with Crippen LogP contribution in [0.25, 0.3) is 0 Å². The van der Waals surface area contributed by atoms with Gasteiger partial charge in [-0.05, 0) is 48.9 Å². The third-order valence-electron chi connectivity index (χ3n) is 3.31. The Morgan fingerprint density at radius 1 is 1.08 bits per heavy atom. The van der Waals surface area contributed by atoms with Gasteiger partial charge < -0.3 is 4.74 Å². The predicted octanol–water partition coefficient (Wildman–Crippen LogP) is 3.72. The van der Waals surface area contributed by atoms with E-state index in [9.17, 15) is 22.0 Å². The van der Waals surface area contributed by atoms with Gasteiger partial charge in [-0.1, -0.05) is 13.3 Å². The monoisotopic (exact) mass is 369 g/mol. The van der Waals surface area contributed by atoms with Gasteiger partial charge in [-0.2, -0.15) is 0 Å². The van der Waals surface area contributed by atoms with Crippen molar-refractivity contribution in [2.45, 2.75) is 24.7 Å². The normalized spacial score (nSPS) is 11.2. The Bertz CT molecular complexity index is 851. The van der Waals surface area contributed by atoms with E-state index in [1.165, 1.54) is 24.3 Å². The van der Waals surface area contributed by atoms with Crippen molar-refractivity contribution in [3.63, 3.8) is 0 Å². The Morgan fingerprint density at radius 2 is 1.76 bits per heavy atom. The average molecular weight is 369 g/mol. The summed E-state index contributed by atoms with van der Waals surface area (Å²) in [5.74, 6) is -2.89. The zero-order valence-corrected chi connectivity index (χ0v) is 14.3. The topological polar surface area (TPSA) is 72.5 Å². The highest BCUT2D eigenvalue weighted by Crippen LogP contribution is 2.19. The van der Waals surface area contributed by atoms with Gasteiger partial charge >= 0.3 is 5.97 Å². The molecule has 8 heteroatoms. The van der Waals surface area contributed by atoms with Gasteiger partial charge in [0, 0.05) is 5.69 Å². The van der Waals surface area contributed by atoms with Crippen LogP contribution < -0.4 is 4.72 Å². The van der Waals surface area contributed by atoms with Gasteiger partial charge in [0.25, 0.3) is 10.0 Å². The van der Waals surface area contributed by atoms with E-state index < -0.39 is 32.5 Å². The summed E-state index contributed by atoms with van der Waals surface area (Å²) in [7, 11) is -4.08. The van der Waals surface area contributed by atoms with Crippen LogP contribution >= 0.6 is 0 Å². The molecule has 1 N–H and O–H groups in total. The van der Waals surface area contributed by atoms with Gasteiger partial charge in [-0.3, -0.25) is 4.72 Å². The van der Waals surface area contributed by atoms with Crippen molar-refractivity contribution in [3.8, 4) is 0 Å². The minimum atomic E-state index is -4.08. The number of unbranched alkanes of at least 4 members (excludes halogenated alkanes) is 1. The van der Waals surface area contributed by atoms with Crippen LogP contribution in [0.15, 0.2) is 47.4 Å². The summed E-state index contributed by atoms with van der Waals surface area (Å²) in [6, 6.07) is 7.88. The molecule has 0 spiro atoms. The van der Waals surface area contributed by atoms with Gasteiger partial charge in [0.05, 0.1) is 17.1 Å². The smallest absolute Gasteiger partial charge is 0.338 e. The Morgan fingerprint density at radius 3 is 2.36 bits per heavy atom. The van der Waals surface area contributed by atoms with E-state index in [0.29, 0.717) is 12.7 Å². The summed E-state index contributed by atoms with van der Waals surface area (Å²) in [5, 5.41) is 0. The number of rotatable bonds is 7. The second kappa shape index (κ2) is 8.06. The van der Waals surface area contributed by atoms with Crippen LogP contribution in [0.2, 0.25) is 0 Å². The number of nitrogens with one attached hydrogen (secondary N) is 1. The van der Waals surface area contributed by atoms with Crippen molar-refractivity contribution < 1.29 is 26.7 Å². The summed E-state index contributed by atoms with van der Waals surface area (Å²) in [4.78, 5) is 11.4. The first-order valence-corrected chi connectivity index (χ1v) is 9.07. The highest BCUT2D eigenvalue weighted by molar-refractivity contribution is 7.92. The van der Waals surface area contributed by atoms with Crippen molar-refractivity contribution >= 4 is 21.7 Å². The molecule has 0 saturated carbocycles. The molecule has 0 atom stereocenters. The van der Waals surface area contributed by atoms with Gasteiger partial charge in [0.1, 0.15) is 0 Å². The first-order chi connectivity index (χ1) is 11.8. The fourth-order valence-electron chi connectivity index (χ4n) is 1.92. The molecule has 2 aromatic carbocycles. The minimum Gasteiger partial charge on any atom is -0.462 e. The molecule has 0 unspecified atom stereocenters. The SMILES string of the molecule is CCCCOC(=O)c1ccc(NS(=O)(=O)c2ccc(F)c(F)c2)cc1. The zero-order valence-electron chi connectivity index (χ0n) is 13.5. The number of ether oxygens (including phenoxy) is 1. The number of esters is 1. The van der Waals surface area contributed by atoms with Crippen LogP contribution in [0.5, 0.6) is 0 Å². The standard InChI is InChI=1S/C17H17F2NO4S/c1-2-3-10-24-17(21)12-4-6-13(7-5-12)20-25(22,23)14-8-9-15(18)16(19)11-14/h4-9,11,20H,2-3,10H2,1H3. The molecule has 0 bridgehead atoms. The molecular formula is C17H17F2NO4S. The van der Waals surface area contributed by atoms with E-state index in [1.54, 1.807) is 0 Å². The molecule has 0 aliphatic rings. The zero-order chi connectivity index (χ0) is 18.4. The minimum absolute atomic E-state index is 0.176. The molecule has 0 aromatic heterocycles. The number of hydrogen-bond acceptors (Lipinski definition) is 4. The van der Waals surface area contributed by atoms with Crippen LogP contribution in [0.3, 0.4) is 0 Å². The van der Waals surface area contributed by atoms with Crippen molar-refractivity contribution in [2.24, 2.45) is 0 Å². The number of sulfonamides is 1. The number of carbonyl (C=O) groups excluding carboxylic acids is 1. The lowest BCUT2D eigenvalue weighted by atomic mass is 10.2. The fraction of sp³-hybridized carbons (Fsp3) is 0.235. The molecule has 5 nitrogen and oxygen atoms in total. The van der Waals surface area contributed by atoms with E-state index >= 15 is 0 Å². The van der Waals surface area contributed by atoms with Crippen molar-refractivity contribution in [2.75, 3.05) is 11.3 Å². The molecule has 2 rings (SSSR count). The molecule has 0 heterocycles. The first kappa shape index (κ1) is 18.9. The van der Waals surface area contributed by atoms with Gasteiger partial charge in [0.15, 0.2) is 11.6 Å². The summed E-state index contributed by atoms with van der Waals surface area (Å²) in [6.45, 7) is 2.29. The van der Waals surface area contributed by atoms with E-state index in [0.717, 1.165) is 25.0 Å². The highest BCUT2D eigenvalue weighted by atomic mass is 32.2. The predicted molar refractivity (Wildman–Crippen MR) is 88.8 cm³/mol. The van der Waals surface area contributed by atoms with E-state index in [2.05, 4.69) is 4.72 Å². The molecule has 0 amide bonds. The molecule has 0 saturated heterocycles.